The van der Waals surface area contributed by atoms with E-state index in [2.05, 4.69) is 65.8 Å². The van der Waals surface area contributed by atoms with Crippen molar-refractivity contribution in [3.63, 3.8) is 0 Å². The molecule has 0 atom stereocenters. The zero-order valence-electron chi connectivity index (χ0n) is 17.6. The fourth-order valence-corrected chi connectivity index (χ4v) is 4.79. The zero-order valence-corrected chi connectivity index (χ0v) is 17.6. The molecule has 2 aliphatic carbocycles. The lowest BCUT2D eigenvalue weighted by Gasteiger charge is -2.26. The monoisotopic (exact) mass is 346 g/mol. The van der Waals surface area contributed by atoms with Gasteiger partial charge in [-0.1, -0.05) is 65.8 Å². The molecular weight excluding hydrogens is 312 g/mol. The summed E-state index contributed by atoms with van der Waals surface area (Å²) in [5.74, 6) is 0. The molecule has 0 aromatic heterocycles. The molecule has 2 aliphatic rings. The maximum atomic E-state index is 2.53. The molecule has 26 heavy (non-hydrogen) atoms. The second-order valence-electron chi connectivity index (χ2n) is 10.6. The molecule has 138 valence electrons. The summed E-state index contributed by atoms with van der Waals surface area (Å²) in [6.07, 6.45) is 7.33. The van der Waals surface area contributed by atoms with E-state index in [0.717, 1.165) is 6.42 Å². The minimum Gasteiger partial charge on any atom is -0.0561 e. The van der Waals surface area contributed by atoms with Gasteiger partial charge in [0, 0.05) is 0 Å². The SMILES string of the molecule is CC(C)(C)c1cc2c3c(c1)Cc1cc(C(C)(C)C)cc(c1CC3)CCC2. The Morgan fingerprint density at radius 1 is 0.538 bits per heavy atom. The van der Waals surface area contributed by atoms with Crippen molar-refractivity contribution in [1.29, 1.82) is 0 Å². The van der Waals surface area contributed by atoms with E-state index in [1.807, 2.05) is 0 Å². The molecular formula is C26H34. The average molecular weight is 347 g/mol. The van der Waals surface area contributed by atoms with Crippen LogP contribution in [-0.2, 0) is 42.9 Å². The third-order valence-corrected chi connectivity index (χ3v) is 6.50. The lowest BCUT2D eigenvalue weighted by atomic mass is 9.79. The summed E-state index contributed by atoms with van der Waals surface area (Å²) in [6, 6.07) is 10.1. The predicted octanol–water partition coefficient (Wildman–Crippen LogP) is 6.46. The van der Waals surface area contributed by atoms with Crippen LogP contribution in [0.2, 0.25) is 0 Å². The van der Waals surface area contributed by atoms with Gasteiger partial charge < -0.3 is 0 Å². The first kappa shape index (κ1) is 17.8. The molecule has 4 rings (SSSR count). The molecule has 2 bridgehead atoms. The van der Waals surface area contributed by atoms with Crippen LogP contribution in [-0.4, -0.2) is 0 Å². The van der Waals surface area contributed by atoms with Gasteiger partial charge in [0.05, 0.1) is 0 Å². The molecule has 2 aromatic carbocycles. The Morgan fingerprint density at radius 3 is 1.31 bits per heavy atom. The van der Waals surface area contributed by atoms with Gasteiger partial charge in [-0.15, -0.1) is 0 Å². The molecule has 0 saturated heterocycles. The predicted molar refractivity (Wildman–Crippen MR) is 113 cm³/mol. The summed E-state index contributed by atoms with van der Waals surface area (Å²) < 4.78 is 0. The van der Waals surface area contributed by atoms with Crippen molar-refractivity contribution >= 4 is 0 Å². The van der Waals surface area contributed by atoms with Crippen LogP contribution >= 0.6 is 0 Å². The van der Waals surface area contributed by atoms with Gasteiger partial charge in [-0.2, -0.15) is 0 Å². The molecule has 2 aromatic rings. The van der Waals surface area contributed by atoms with Crippen LogP contribution < -0.4 is 0 Å². The standard InChI is InChI=1S/C26H34/c1-25(2,3)21-13-17-8-7-9-18-14-22(26(4,5)6)16-20-12-19(15-21)23(17)10-11-24(18)20/h13-16H,7-12H2,1-6H3. The molecule has 0 radical (unpaired) electrons. The van der Waals surface area contributed by atoms with Crippen molar-refractivity contribution < 1.29 is 0 Å². The summed E-state index contributed by atoms with van der Waals surface area (Å²) in [6.45, 7) is 14.1. The summed E-state index contributed by atoms with van der Waals surface area (Å²) in [5, 5.41) is 0. The maximum absolute atomic E-state index is 2.53. The molecule has 0 amide bonds. The summed E-state index contributed by atoms with van der Waals surface area (Å²) in [4.78, 5) is 0. The lowest BCUT2D eigenvalue weighted by Crippen LogP contribution is -2.15. The van der Waals surface area contributed by atoms with Gasteiger partial charge in [0.2, 0.25) is 0 Å². The van der Waals surface area contributed by atoms with Crippen LogP contribution in [0, 0.1) is 0 Å². The van der Waals surface area contributed by atoms with Crippen molar-refractivity contribution in [3.05, 3.63) is 68.8 Å². The van der Waals surface area contributed by atoms with E-state index in [4.69, 9.17) is 0 Å². The summed E-state index contributed by atoms with van der Waals surface area (Å²) in [7, 11) is 0. The lowest BCUT2D eigenvalue weighted by molar-refractivity contribution is 0.586. The largest absolute Gasteiger partial charge is 0.0561 e. The molecule has 0 spiro atoms. The van der Waals surface area contributed by atoms with Gasteiger partial charge in [0.1, 0.15) is 0 Å². The van der Waals surface area contributed by atoms with Crippen LogP contribution in [0.15, 0.2) is 24.3 Å². The molecule has 0 heterocycles. The third-order valence-electron chi connectivity index (χ3n) is 6.50. The summed E-state index contributed by atoms with van der Waals surface area (Å²) >= 11 is 0. The first-order valence-electron chi connectivity index (χ1n) is 10.4. The Bertz CT molecular complexity index is 782. The Balaban J connectivity index is 1.93. The normalized spacial score (nSPS) is 16.7. The van der Waals surface area contributed by atoms with E-state index < -0.39 is 0 Å². The first-order chi connectivity index (χ1) is 12.1. The molecule has 0 heteroatoms. The van der Waals surface area contributed by atoms with Gasteiger partial charge >= 0.3 is 0 Å². The van der Waals surface area contributed by atoms with Crippen LogP contribution in [0.3, 0.4) is 0 Å². The van der Waals surface area contributed by atoms with Gasteiger partial charge in [-0.05, 0) is 93.9 Å². The van der Waals surface area contributed by atoms with Gasteiger partial charge in [-0.25, -0.2) is 0 Å². The van der Waals surface area contributed by atoms with E-state index in [1.165, 1.54) is 43.2 Å². The number of hydrogen-bond acceptors (Lipinski definition) is 0. The highest BCUT2D eigenvalue weighted by molar-refractivity contribution is 5.51. The minimum atomic E-state index is 0.224. The van der Waals surface area contributed by atoms with Gasteiger partial charge in [-0.3, -0.25) is 0 Å². The zero-order chi connectivity index (χ0) is 18.7. The van der Waals surface area contributed by atoms with Crippen LogP contribution in [0.4, 0.5) is 0 Å². The Kier molecular flexibility index (Phi) is 4.10. The van der Waals surface area contributed by atoms with E-state index >= 15 is 0 Å². The van der Waals surface area contributed by atoms with Crippen LogP contribution in [0.25, 0.3) is 0 Å². The fraction of sp³-hybridized carbons (Fsp3) is 0.538. The highest BCUT2D eigenvalue weighted by Gasteiger charge is 2.25. The quantitative estimate of drug-likeness (QED) is 0.513. The summed E-state index contributed by atoms with van der Waals surface area (Å²) in [5.41, 5.74) is 13.3. The Morgan fingerprint density at radius 2 is 0.923 bits per heavy atom. The van der Waals surface area contributed by atoms with E-state index in [9.17, 15) is 0 Å². The van der Waals surface area contributed by atoms with Crippen molar-refractivity contribution in [1.82, 2.24) is 0 Å². The smallest absolute Gasteiger partial charge is 0.00199 e. The van der Waals surface area contributed by atoms with Crippen molar-refractivity contribution in [2.24, 2.45) is 0 Å². The number of hydrogen-bond donors (Lipinski definition) is 0. The number of aryl methyl sites for hydroxylation is 2. The number of fused-ring (bicyclic) bond motifs is 1. The highest BCUT2D eigenvalue weighted by Crippen LogP contribution is 2.37. The van der Waals surface area contributed by atoms with Crippen molar-refractivity contribution in [3.8, 4) is 0 Å². The van der Waals surface area contributed by atoms with Crippen molar-refractivity contribution in [2.45, 2.75) is 90.9 Å². The minimum absolute atomic E-state index is 0.224. The third kappa shape index (κ3) is 3.13. The first-order valence-corrected chi connectivity index (χ1v) is 10.4. The number of rotatable bonds is 0. The van der Waals surface area contributed by atoms with Crippen LogP contribution in [0.1, 0.15) is 92.5 Å². The van der Waals surface area contributed by atoms with E-state index in [0.29, 0.717) is 0 Å². The van der Waals surface area contributed by atoms with E-state index in [-0.39, 0.29) is 10.8 Å². The van der Waals surface area contributed by atoms with Gasteiger partial charge in [0.15, 0.2) is 0 Å². The topological polar surface area (TPSA) is 0 Å². The number of benzene rings is 2. The van der Waals surface area contributed by atoms with Crippen molar-refractivity contribution in [2.75, 3.05) is 0 Å². The highest BCUT2D eigenvalue weighted by atomic mass is 14.3. The van der Waals surface area contributed by atoms with E-state index in [1.54, 1.807) is 33.4 Å². The molecule has 0 fully saturated rings. The Labute approximate surface area is 160 Å². The second kappa shape index (κ2) is 5.98. The van der Waals surface area contributed by atoms with Crippen LogP contribution in [0.5, 0.6) is 0 Å². The van der Waals surface area contributed by atoms with Gasteiger partial charge in [0.25, 0.3) is 0 Å². The molecule has 0 aliphatic heterocycles. The Hall–Kier alpha value is -1.56. The molecule has 0 unspecified atom stereocenters. The average Bonchev–Trinajstić information content (AvgIpc) is 2.65. The molecule has 0 nitrogen and oxygen atoms in total. The molecule has 0 N–H and O–H groups in total. The second-order valence-corrected chi connectivity index (χ2v) is 10.6. The molecule has 0 saturated carbocycles. The fourth-order valence-electron chi connectivity index (χ4n) is 4.79. The maximum Gasteiger partial charge on any atom is -0.00199 e.